The lowest BCUT2D eigenvalue weighted by atomic mass is 10.6. The van der Waals surface area contributed by atoms with Gasteiger partial charge in [-0.05, 0) is 0 Å². The molecule has 0 heterocycles. The van der Waals surface area contributed by atoms with E-state index in [2.05, 4.69) is 6.58 Å². The van der Waals surface area contributed by atoms with Gasteiger partial charge in [0.15, 0.2) is 0 Å². The largest absolute Gasteiger partial charge is 0.315 e. The highest BCUT2D eigenvalue weighted by Gasteiger charge is 1.95. The standard InChI is InChI=1S/C6H11NOS2/c1-2-6(7)10-9-5-3-4-8/h2,4,6H,1,3,5,7H2. The molecule has 0 rings (SSSR count). The van der Waals surface area contributed by atoms with E-state index in [-0.39, 0.29) is 5.37 Å². The molecule has 1 atom stereocenters. The number of rotatable bonds is 6. The molecule has 0 aromatic carbocycles. The second kappa shape index (κ2) is 7.18. The van der Waals surface area contributed by atoms with Crippen LogP contribution in [0.15, 0.2) is 12.7 Å². The molecule has 4 heteroatoms. The molecule has 0 aliphatic heterocycles. The van der Waals surface area contributed by atoms with Crippen molar-refractivity contribution in [3.63, 3.8) is 0 Å². The van der Waals surface area contributed by atoms with Crippen LogP contribution in [0.5, 0.6) is 0 Å². The summed E-state index contributed by atoms with van der Waals surface area (Å²) in [7, 11) is 3.13. The average Bonchev–Trinajstić information content (AvgIpc) is 1.98. The van der Waals surface area contributed by atoms with Gasteiger partial charge < -0.3 is 10.5 Å². The Bertz CT molecular complexity index is 108. The molecule has 0 amide bonds. The van der Waals surface area contributed by atoms with E-state index in [0.717, 1.165) is 12.0 Å². The summed E-state index contributed by atoms with van der Waals surface area (Å²) >= 11 is 0. The first-order valence-corrected chi connectivity index (χ1v) is 5.29. The lowest BCUT2D eigenvalue weighted by Crippen LogP contribution is -2.09. The molecule has 0 aliphatic carbocycles. The molecule has 0 radical (unpaired) electrons. The Labute approximate surface area is 69.0 Å². The minimum absolute atomic E-state index is 0.0170. The number of carbonyl (C=O) groups is 1. The van der Waals surface area contributed by atoms with Gasteiger partial charge >= 0.3 is 0 Å². The Balaban J connectivity index is 3.02. The maximum atomic E-state index is 9.85. The van der Waals surface area contributed by atoms with Crippen molar-refractivity contribution in [2.45, 2.75) is 11.8 Å². The normalized spacial score (nSPS) is 12.5. The van der Waals surface area contributed by atoms with Crippen molar-refractivity contribution >= 4 is 27.9 Å². The van der Waals surface area contributed by atoms with Crippen molar-refractivity contribution in [2.75, 3.05) is 5.75 Å². The Morgan fingerprint density at radius 1 is 1.70 bits per heavy atom. The van der Waals surface area contributed by atoms with E-state index in [9.17, 15) is 4.79 Å². The monoisotopic (exact) mass is 177 g/mol. The molecular formula is C6H11NOS2. The summed E-state index contributed by atoms with van der Waals surface area (Å²) in [6, 6.07) is 0. The topological polar surface area (TPSA) is 43.1 Å². The maximum Gasteiger partial charge on any atom is 0.120 e. The molecule has 0 spiro atoms. The van der Waals surface area contributed by atoms with E-state index in [0.29, 0.717) is 6.42 Å². The first-order chi connectivity index (χ1) is 4.81. The highest BCUT2D eigenvalue weighted by Crippen LogP contribution is 2.24. The average molecular weight is 177 g/mol. The SMILES string of the molecule is C=CC(N)SSCCC=O. The fraction of sp³-hybridized carbons (Fsp3) is 0.500. The van der Waals surface area contributed by atoms with Gasteiger partial charge in [-0.1, -0.05) is 27.7 Å². The zero-order chi connectivity index (χ0) is 7.82. The predicted molar refractivity (Wildman–Crippen MR) is 48.9 cm³/mol. The third-order valence-corrected chi connectivity index (χ3v) is 3.26. The highest BCUT2D eigenvalue weighted by molar-refractivity contribution is 8.77. The van der Waals surface area contributed by atoms with E-state index >= 15 is 0 Å². The zero-order valence-corrected chi connectivity index (χ0v) is 7.29. The molecule has 10 heavy (non-hydrogen) atoms. The molecular weight excluding hydrogens is 166 g/mol. The van der Waals surface area contributed by atoms with Gasteiger partial charge in [-0.25, -0.2) is 0 Å². The summed E-state index contributed by atoms with van der Waals surface area (Å²) in [6.45, 7) is 3.53. The second-order valence-corrected chi connectivity index (χ2v) is 4.24. The van der Waals surface area contributed by atoms with Gasteiger partial charge in [-0.15, -0.1) is 6.58 Å². The highest BCUT2D eigenvalue weighted by atomic mass is 33.1. The quantitative estimate of drug-likeness (QED) is 0.219. The molecule has 2 nitrogen and oxygen atoms in total. The Morgan fingerprint density at radius 3 is 2.90 bits per heavy atom. The van der Waals surface area contributed by atoms with Crippen LogP contribution in [0.4, 0.5) is 0 Å². The van der Waals surface area contributed by atoms with Gasteiger partial charge in [0.2, 0.25) is 0 Å². The number of hydrogen-bond donors (Lipinski definition) is 1. The van der Waals surface area contributed by atoms with Gasteiger partial charge in [0.25, 0.3) is 0 Å². The molecule has 0 aromatic heterocycles. The van der Waals surface area contributed by atoms with Crippen molar-refractivity contribution < 1.29 is 4.79 Å². The van der Waals surface area contributed by atoms with Crippen molar-refractivity contribution in [1.29, 1.82) is 0 Å². The van der Waals surface area contributed by atoms with Crippen molar-refractivity contribution in [3.05, 3.63) is 12.7 Å². The maximum absolute atomic E-state index is 9.85. The van der Waals surface area contributed by atoms with Gasteiger partial charge in [-0.2, -0.15) is 0 Å². The van der Waals surface area contributed by atoms with Gasteiger partial charge in [0.1, 0.15) is 6.29 Å². The lowest BCUT2D eigenvalue weighted by Gasteiger charge is -2.01. The van der Waals surface area contributed by atoms with E-state index in [1.54, 1.807) is 16.9 Å². The molecule has 0 aliphatic rings. The fourth-order valence-electron chi connectivity index (χ4n) is 0.262. The summed E-state index contributed by atoms with van der Waals surface area (Å²) in [5, 5.41) is -0.0170. The summed E-state index contributed by atoms with van der Waals surface area (Å²) in [4.78, 5) is 9.85. The number of hydrogen-bond acceptors (Lipinski definition) is 4. The van der Waals surface area contributed by atoms with Crippen LogP contribution in [0.2, 0.25) is 0 Å². The van der Waals surface area contributed by atoms with E-state index in [1.165, 1.54) is 10.8 Å². The molecule has 0 fully saturated rings. The van der Waals surface area contributed by atoms with Crippen LogP contribution in [0.25, 0.3) is 0 Å². The van der Waals surface area contributed by atoms with Crippen LogP contribution in [-0.2, 0) is 4.79 Å². The smallest absolute Gasteiger partial charge is 0.120 e. The van der Waals surface area contributed by atoms with Crippen LogP contribution in [0.3, 0.4) is 0 Å². The predicted octanol–water partition coefficient (Wildman–Crippen LogP) is 1.43. The van der Waals surface area contributed by atoms with E-state index < -0.39 is 0 Å². The van der Waals surface area contributed by atoms with Crippen LogP contribution < -0.4 is 5.73 Å². The zero-order valence-electron chi connectivity index (χ0n) is 5.66. The minimum Gasteiger partial charge on any atom is -0.315 e. The molecule has 0 aromatic rings. The molecule has 58 valence electrons. The van der Waals surface area contributed by atoms with Gasteiger partial charge in [-0.3, -0.25) is 0 Å². The summed E-state index contributed by atoms with van der Waals surface area (Å²) in [5.41, 5.74) is 5.49. The van der Waals surface area contributed by atoms with E-state index in [4.69, 9.17) is 5.73 Å². The number of carbonyl (C=O) groups excluding carboxylic acids is 1. The number of nitrogens with two attached hydrogens (primary N) is 1. The third kappa shape index (κ3) is 6.19. The molecule has 0 saturated heterocycles. The Morgan fingerprint density at radius 2 is 2.40 bits per heavy atom. The van der Waals surface area contributed by atoms with Crippen LogP contribution in [-0.4, -0.2) is 17.4 Å². The number of aldehydes is 1. The minimum atomic E-state index is -0.0170. The molecule has 0 saturated carbocycles. The van der Waals surface area contributed by atoms with Crippen LogP contribution in [0, 0.1) is 0 Å². The van der Waals surface area contributed by atoms with Crippen LogP contribution in [0.1, 0.15) is 6.42 Å². The van der Waals surface area contributed by atoms with Gasteiger partial charge in [0, 0.05) is 12.2 Å². The first kappa shape index (κ1) is 10.1. The van der Waals surface area contributed by atoms with Crippen molar-refractivity contribution in [3.8, 4) is 0 Å². The lowest BCUT2D eigenvalue weighted by molar-refractivity contribution is -0.107. The molecule has 2 N–H and O–H groups in total. The molecule has 0 bridgehead atoms. The van der Waals surface area contributed by atoms with E-state index in [1.807, 2.05) is 0 Å². The second-order valence-electron chi connectivity index (χ2n) is 1.57. The molecule has 1 unspecified atom stereocenters. The summed E-state index contributed by atoms with van der Waals surface area (Å²) < 4.78 is 0. The third-order valence-electron chi connectivity index (χ3n) is 0.730. The fourth-order valence-corrected chi connectivity index (χ4v) is 2.07. The van der Waals surface area contributed by atoms with Crippen molar-refractivity contribution in [1.82, 2.24) is 0 Å². The summed E-state index contributed by atoms with van der Waals surface area (Å²) in [5.74, 6) is 0.829. The Kier molecular flexibility index (Phi) is 7.23. The van der Waals surface area contributed by atoms with Gasteiger partial charge in [0.05, 0.1) is 5.37 Å². The van der Waals surface area contributed by atoms with Crippen LogP contribution >= 0.6 is 21.6 Å². The summed E-state index contributed by atoms with van der Waals surface area (Å²) in [6.07, 6.45) is 3.19. The van der Waals surface area contributed by atoms with Crippen molar-refractivity contribution in [2.24, 2.45) is 5.73 Å². The first-order valence-electron chi connectivity index (χ1n) is 2.91. The Hall–Kier alpha value is 0.0700.